The van der Waals surface area contributed by atoms with E-state index in [0.29, 0.717) is 44.9 Å². The maximum absolute atomic E-state index is 9.77. The topological polar surface area (TPSA) is 35.9 Å². The van der Waals surface area contributed by atoms with E-state index in [1.807, 2.05) is 102 Å². The van der Waals surface area contributed by atoms with Gasteiger partial charge in [-0.25, -0.2) is 4.98 Å². The van der Waals surface area contributed by atoms with E-state index in [1.165, 1.54) is 0 Å². The molecule has 4 heterocycles. The number of fused-ring (bicyclic) bond motifs is 10. The molecule has 13 rings (SSSR count). The summed E-state index contributed by atoms with van der Waals surface area (Å²) in [5, 5.41) is 2.08. The molecule has 12 aromatic rings. The third-order valence-electron chi connectivity index (χ3n) is 12.9. The van der Waals surface area contributed by atoms with Crippen molar-refractivity contribution >= 4 is 32.8 Å². The Morgan fingerprint density at radius 3 is 1.97 bits per heavy atom. The van der Waals surface area contributed by atoms with Crippen molar-refractivity contribution in [1.82, 2.24) is 14.1 Å². The molecular formula is C64H46N4O. The van der Waals surface area contributed by atoms with Crippen molar-refractivity contribution in [2.75, 3.05) is 0 Å². The van der Waals surface area contributed by atoms with Crippen LogP contribution in [0.2, 0.25) is 0 Å². The maximum Gasteiger partial charge on any atom is 0.269 e. The van der Waals surface area contributed by atoms with Gasteiger partial charge in [-0.15, -0.1) is 0 Å². The van der Waals surface area contributed by atoms with Crippen LogP contribution in [-0.2, 0) is 5.41 Å². The van der Waals surface area contributed by atoms with E-state index in [1.54, 1.807) is 34.9 Å². The van der Waals surface area contributed by atoms with E-state index in [2.05, 4.69) is 49.9 Å². The first-order valence-corrected chi connectivity index (χ1v) is 22.6. The number of pyridine rings is 1. The fourth-order valence-corrected chi connectivity index (χ4v) is 9.77. The standard InChI is InChI=1S/C64H46N4O/c1-64(2,3)44-36-37-65-60(38-44)68-57-32-13-12-26-52(57)53-35-34-47(40-59(53)68)69-46-23-14-22-45(39-46)66-41-67-62-49(43-20-8-5-9-21-43)28-16-31-56(62)61-48(42-18-6-4-7-19-42)27-15-29-54(61)50-24-10-11-25-51(50)55-30-17-33-58(66)63(55)67/h4-40H,1-3H3/i4D,5D,6D,7D,8D,9D,15D,18D,19D,20D,21D,27D,29D. The fourth-order valence-electron chi connectivity index (χ4n) is 9.77. The highest BCUT2D eigenvalue weighted by molar-refractivity contribution is 6.10. The second-order valence-corrected chi connectivity index (χ2v) is 18.0. The SMILES string of the molecule is [2H]c1c([2H])c([2H])c(-c2cccc3c2-[n+]2[c-]n(-c4cccc(Oc5ccc6c7ccccc7n(-c7cc(C(C)(C)C)ccn7)c6c5)c4)c4cccc(c42)-c2ccccc2-c2c([2H])c([2H])c([2H])c(-c4c([2H])c([2H])c([2H])c([2H])c4[2H])c2-3)c([2H])c1[2H]. The first-order chi connectivity index (χ1) is 39.3. The van der Waals surface area contributed by atoms with Crippen LogP contribution < -0.4 is 9.30 Å². The Hall–Kier alpha value is -8.80. The van der Waals surface area contributed by atoms with Gasteiger partial charge in [-0.1, -0.05) is 184 Å². The second-order valence-electron chi connectivity index (χ2n) is 18.0. The Bertz CT molecular complexity index is 4710. The zero-order chi connectivity index (χ0) is 57.5. The number of para-hydroxylation sites is 3. The molecular weight excluding hydrogens is 841 g/mol. The molecule has 3 aromatic heterocycles. The molecule has 0 atom stereocenters. The third-order valence-corrected chi connectivity index (χ3v) is 12.9. The van der Waals surface area contributed by atoms with Crippen LogP contribution in [0.4, 0.5) is 0 Å². The average Bonchev–Trinajstić information content (AvgIpc) is 3.38. The zero-order valence-corrected chi connectivity index (χ0v) is 37.6. The molecule has 69 heavy (non-hydrogen) atoms. The Morgan fingerprint density at radius 1 is 0.522 bits per heavy atom. The van der Waals surface area contributed by atoms with Crippen LogP contribution in [0.15, 0.2) is 224 Å². The summed E-state index contributed by atoms with van der Waals surface area (Å²) >= 11 is 0. The number of hydrogen-bond donors (Lipinski definition) is 0. The van der Waals surface area contributed by atoms with Crippen molar-refractivity contribution in [2.45, 2.75) is 26.2 Å². The highest BCUT2D eigenvalue weighted by Crippen LogP contribution is 2.48. The van der Waals surface area contributed by atoms with Gasteiger partial charge in [0, 0.05) is 23.0 Å². The van der Waals surface area contributed by atoms with Crippen LogP contribution in [0.3, 0.4) is 0 Å². The van der Waals surface area contributed by atoms with E-state index in [9.17, 15) is 9.60 Å². The largest absolute Gasteiger partial charge is 0.458 e. The molecule has 0 spiro atoms. The molecule has 5 nitrogen and oxygen atoms in total. The molecule has 0 radical (unpaired) electrons. The Labute approximate surface area is 419 Å². The van der Waals surface area contributed by atoms with Crippen molar-refractivity contribution in [1.29, 1.82) is 0 Å². The number of aromatic nitrogens is 4. The lowest BCUT2D eigenvalue weighted by atomic mass is 9.84. The van der Waals surface area contributed by atoms with Crippen LogP contribution in [0, 0.1) is 6.33 Å². The summed E-state index contributed by atoms with van der Waals surface area (Å²) in [4.78, 5) is 4.85. The highest BCUT2D eigenvalue weighted by Gasteiger charge is 2.28. The van der Waals surface area contributed by atoms with Gasteiger partial charge in [-0.2, -0.15) is 0 Å². The minimum absolute atomic E-state index is 0.0416. The molecule has 328 valence electrons. The molecule has 1 aliphatic rings. The van der Waals surface area contributed by atoms with Crippen molar-refractivity contribution in [2.24, 2.45) is 0 Å². The quantitative estimate of drug-likeness (QED) is 0.123. The van der Waals surface area contributed by atoms with E-state index in [0.717, 1.165) is 33.2 Å². The Kier molecular flexibility index (Phi) is 6.71. The molecule has 5 heteroatoms. The van der Waals surface area contributed by atoms with E-state index in [-0.39, 0.29) is 56.1 Å². The van der Waals surface area contributed by atoms with Gasteiger partial charge in [-0.05, 0) is 115 Å². The van der Waals surface area contributed by atoms with Crippen LogP contribution in [-0.4, -0.2) is 14.1 Å². The van der Waals surface area contributed by atoms with Crippen molar-refractivity contribution < 1.29 is 27.1 Å². The first-order valence-electron chi connectivity index (χ1n) is 29.1. The lowest BCUT2D eigenvalue weighted by Gasteiger charge is -2.21. The highest BCUT2D eigenvalue weighted by atomic mass is 16.5. The summed E-state index contributed by atoms with van der Waals surface area (Å²) in [5.74, 6) is 1.81. The lowest BCUT2D eigenvalue weighted by molar-refractivity contribution is -0.570. The summed E-state index contributed by atoms with van der Waals surface area (Å²) in [6, 6.07) is 35.9. The van der Waals surface area contributed by atoms with Gasteiger partial charge in [0.15, 0.2) is 0 Å². The average molecular weight is 900 g/mol. The lowest BCUT2D eigenvalue weighted by Crippen LogP contribution is -2.32. The molecule has 0 saturated heterocycles. The van der Waals surface area contributed by atoms with Crippen LogP contribution in [0.25, 0.3) is 106 Å². The molecule has 0 saturated carbocycles. The first kappa shape index (κ1) is 29.1. The van der Waals surface area contributed by atoms with Gasteiger partial charge in [-0.3, -0.25) is 13.7 Å². The second kappa shape index (κ2) is 15.9. The maximum atomic E-state index is 9.77. The fraction of sp³-hybridized carbons (Fsp3) is 0.0625. The monoisotopic (exact) mass is 899 g/mol. The molecule has 0 fully saturated rings. The summed E-state index contributed by atoms with van der Waals surface area (Å²) in [5.41, 5.74) is 6.00. The van der Waals surface area contributed by atoms with Gasteiger partial charge in [0.2, 0.25) is 0 Å². The molecule has 0 amide bonds. The van der Waals surface area contributed by atoms with Crippen LogP contribution in [0.5, 0.6) is 11.5 Å². The van der Waals surface area contributed by atoms with Gasteiger partial charge in [0.05, 0.1) is 51.3 Å². The Balaban J connectivity index is 1.09. The number of nitrogens with zero attached hydrogens (tertiary/aromatic N) is 4. The van der Waals surface area contributed by atoms with Crippen molar-refractivity contribution in [3.63, 3.8) is 0 Å². The van der Waals surface area contributed by atoms with Crippen LogP contribution >= 0.6 is 0 Å². The third kappa shape index (κ3) is 6.69. The number of imidazole rings is 1. The van der Waals surface area contributed by atoms with Crippen LogP contribution in [0.1, 0.15) is 44.2 Å². The predicted octanol–water partition coefficient (Wildman–Crippen LogP) is 15.9. The van der Waals surface area contributed by atoms with E-state index in [4.69, 9.17) is 17.9 Å². The van der Waals surface area contributed by atoms with Crippen molar-refractivity contribution in [3.05, 3.63) is 236 Å². The van der Waals surface area contributed by atoms with Gasteiger partial charge < -0.3 is 4.74 Å². The normalized spacial score (nSPS) is 14.6. The summed E-state index contributed by atoms with van der Waals surface area (Å²) in [7, 11) is 0. The molecule has 0 aliphatic carbocycles. The van der Waals surface area contributed by atoms with E-state index < -0.39 is 72.5 Å². The summed E-state index contributed by atoms with van der Waals surface area (Å²) in [6.07, 6.45) is 5.43. The molecule has 0 N–H and O–H groups in total. The molecule has 0 bridgehead atoms. The van der Waals surface area contributed by atoms with Crippen molar-refractivity contribution in [3.8, 4) is 84.3 Å². The Morgan fingerprint density at radius 2 is 1.16 bits per heavy atom. The summed E-state index contributed by atoms with van der Waals surface area (Å²) in [6.45, 7) is 6.52. The smallest absolute Gasteiger partial charge is 0.269 e. The minimum atomic E-state index is -0.676. The number of rotatable bonds is 6. The summed E-state index contributed by atoms with van der Waals surface area (Å²) < 4.78 is 131. The molecule has 1 aliphatic heterocycles. The minimum Gasteiger partial charge on any atom is -0.458 e. The zero-order valence-electron chi connectivity index (χ0n) is 50.6. The number of benzene rings is 9. The van der Waals surface area contributed by atoms with Gasteiger partial charge >= 0.3 is 0 Å². The van der Waals surface area contributed by atoms with Gasteiger partial charge in [0.1, 0.15) is 17.3 Å². The number of hydrogen-bond acceptors (Lipinski definition) is 2. The molecule has 0 unspecified atom stereocenters. The molecule has 9 aromatic carbocycles. The van der Waals surface area contributed by atoms with E-state index >= 15 is 0 Å². The van der Waals surface area contributed by atoms with Gasteiger partial charge in [0.25, 0.3) is 6.33 Å². The number of ether oxygens (including phenoxy) is 1. The predicted molar refractivity (Wildman–Crippen MR) is 282 cm³/mol.